The molecule has 2 rings (SSSR count). The average Bonchev–Trinajstić information content (AvgIpc) is 2.60. The lowest BCUT2D eigenvalue weighted by atomic mass is 10.2. The van der Waals surface area contributed by atoms with E-state index in [0.717, 1.165) is 12.1 Å². The third kappa shape index (κ3) is 5.69. The van der Waals surface area contributed by atoms with Gasteiger partial charge in [0.1, 0.15) is 0 Å². The predicted octanol–water partition coefficient (Wildman–Crippen LogP) is 2.39. The number of carbonyl (C=O) groups excluding carboxylic acids is 1. The van der Waals surface area contributed by atoms with Crippen LogP contribution in [0.2, 0.25) is 0 Å². The molecule has 0 aliphatic rings. The summed E-state index contributed by atoms with van der Waals surface area (Å²) in [5.41, 5.74) is 1.06. The fraction of sp³-hybridized carbons (Fsp3) is 0.316. The van der Waals surface area contributed by atoms with Crippen LogP contribution in [0.15, 0.2) is 59.5 Å². The van der Waals surface area contributed by atoms with Crippen molar-refractivity contribution in [2.45, 2.75) is 30.5 Å². The highest BCUT2D eigenvalue weighted by atomic mass is 32.2. The van der Waals surface area contributed by atoms with Crippen molar-refractivity contribution in [2.75, 3.05) is 13.1 Å². The summed E-state index contributed by atoms with van der Waals surface area (Å²) < 4.78 is 25.2. The van der Waals surface area contributed by atoms with Crippen LogP contribution in [-0.4, -0.2) is 33.5 Å². The van der Waals surface area contributed by atoms with Crippen LogP contribution < -0.4 is 10.6 Å². The minimum atomic E-state index is -3.50. The molecule has 0 saturated heterocycles. The molecule has 0 saturated carbocycles. The van der Waals surface area contributed by atoms with Crippen LogP contribution in [0.4, 0.5) is 0 Å². The van der Waals surface area contributed by atoms with Crippen molar-refractivity contribution in [1.82, 2.24) is 10.6 Å². The fourth-order valence-corrected chi connectivity index (χ4v) is 3.87. The molecule has 2 aromatic rings. The van der Waals surface area contributed by atoms with Gasteiger partial charge in [0.25, 0.3) is 5.91 Å². The van der Waals surface area contributed by atoms with Crippen LogP contribution in [0.3, 0.4) is 0 Å². The van der Waals surface area contributed by atoms with E-state index in [1.54, 1.807) is 36.4 Å². The molecular weight excluding hydrogens is 336 g/mol. The number of rotatable bonds is 8. The van der Waals surface area contributed by atoms with Crippen LogP contribution in [0.25, 0.3) is 0 Å². The molecule has 2 aromatic carbocycles. The summed E-state index contributed by atoms with van der Waals surface area (Å²) in [7, 11) is -3.50. The molecule has 1 amide bonds. The van der Waals surface area contributed by atoms with Gasteiger partial charge >= 0.3 is 0 Å². The molecule has 0 aliphatic carbocycles. The Bertz CT molecular complexity index is 804. The Morgan fingerprint density at radius 2 is 1.80 bits per heavy atom. The monoisotopic (exact) mass is 360 g/mol. The van der Waals surface area contributed by atoms with E-state index in [4.69, 9.17) is 0 Å². The molecule has 134 valence electrons. The minimum absolute atomic E-state index is 0.0869. The van der Waals surface area contributed by atoms with Crippen LogP contribution in [0.1, 0.15) is 29.8 Å². The van der Waals surface area contributed by atoms with Crippen LogP contribution in [-0.2, 0) is 15.6 Å². The Hall–Kier alpha value is -2.18. The van der Waals surface area contributed by atoms with Gasteiger partial charge in [-0.1, -0.05) is 43.3 Å². The summed E-state index contributed by atoms with van der Waals surface area (Å²) in [5.74, 6) is -0.363. The molecular formula is C19H24N2O3S. The Labute approximate surface area is 149 Å². The Balaban J connectivity index is 2.11. The van der Waals surface area contributed by atoms with E-state index in [0.29, 0.717) is 12.1 Å². The molecule has 0 fully saturated rings. The zero-order chi connectivity index (χ0) is 18.3. The van der Waals surface area contributed by atoms with Gasteiger partial charge in [0.2, 0.25) is 0 Å². The van der Waals surface area contributed by atoms with Crippen molar-refractivity contribution in [3.8, 4) is 0 Å². The van der Waals surface area contributed by atoms with Crippen molar-refractivity contribution >= 4 is 15.7 Å². The van der Waals surface area contributed by atoms with E-state index in [1.807, 2.05) is 19.9 Å². The number of amides is 1. The molecule has 0 heterocycles. The predicted molar refractivity (Wildman–Crippen MR) is 99.2 cm³/mol. The largest absolute Gasteiger partial charge is 0.350 e. The molecule has 0 spiro atoms. The van der Waals surface area contributed by atoms with Gasteiger partial charge < -0.3 is 10.6 Å². The van der Waals surface area contributed by atoms with Crippen molar-refractivity contribution < 1.29 is 13.2 Å². The van der Waals surface area contributed by atoms with Gasteiger partial charge in [0.15, 0.2) is 9.84 Å². The first kappa shape index (κ1) is 19.1. The first-order chi connectivity index (χ1) is 11.9. The highest BCUT2D eigenvalue weighted by molar-refractivity contribution is 7.90. The zero-order valence-corrected chi connectivity index (χ0v) is 15.3. The van der Waals surface area contributed by atoms with E-state index in [-0.39, 0.29) is 22.6 Å². The van der Waals surface area contributed by atoms with E-state index in [9.17, 15) is 13.2 Å². The molecule has 5 nitrogen and oxygen atoms in total. The summed E-state index contributed by atoms with van der Waals surface area (Å²) in [6, 6.07) is 15.3. The normalized spacial score (nSPS) is 12.6. The lowest BCUT2D eigenvalue weighted by Crippen LogP contribution is -2.38. The van der Waals surface area contributed by atoms with Gasteiger partial charge in [-0.3, -0.25) is 4.79 Å². The number of hydrogen-bond donors (Lipinski definition) is 2. The maximum absolute atomic E-state index is 12.6. The molecule has 0 bridgehead atoms. The van der Waals surface area contributed by atoms with Crippen molar-refractivity contribution in [3.05, 3.63) is 65.7 Å². The number of sulfone groups is 1. The number of hydrogen-bond acceptors (Lipinski definition) is 4. The second kappa shape index (κ2) is 8.78. The van der Waals surface area contributed by atoms with Gasteiger partial charge in [0.05, 0.1) is 10.6 Å². The van der Waals surface area contributed by atoms with Crippen LogP contribution in [0, 0.1) is 0 Å². The summed E-state index contributed by atoms with van der Waals surface area (Å²) in [6.45, 7) is 5.28. The number of benzene rings is 2. The topological polar surface area (TPSA) is 75.3 Å². The third-order valence-corrected chi connectivity index (χ3v) is 5.46. The van der Waals surface area contributed by atoms with Crippen LogP contribution in [0.5, 0.6) is 0 Å². The zero-order valence-electron chi connectivity index (χ0n) is 14.5. The molecule has 1 atom stereocenters. The second-order valence-electron chi connectivity index (χ2n) is 5.94. The van der Waals surface area contributed by atoms with Gasteiger partial charge in [-0.25, -0.2) is 8.42 Å². The fourth-order valence-electron chi connectivity index (χ4n) is 2.48. The maximum Gasteiger partial charge on any atom is 0.251 e. The highest BCUT2D eigenvalue weighted by Crippen LogP contribution is 2.17. The molecule has 0 aliphatic heterocycles. The maximum atomic E-state index is 12.6. The Kier molecular flexibility index (Phi) is 6.73. The number of carbonyl (C=O) groups is 1. The Morgan fingerprint density at radius 3 is 2.48 bits per heavy atom. The van der Waals surface area contributed by atoms with Crippen LogP contribution >= 0.6 is 0 Å². The number of likely N-dealkylation sites (N-methyl/N-ethyl adjacent to an activating group) is 1. The van der Waals surface area contributed by atoms with E-state index >= 15 is 0 Å². The highest BCUT2D eigenvalue weighted by Gasteiger charge is 2.17. The summed E-state index contributed by atoms with van der Waals surface area (Å²) >= 11 is 0. The van der Waals surface area contributed by atoms with E-state index < -0.39 is 9.84 Å². The molecule has 2 N–H and O–H groups in total. The van der Waals surface area contributed by atoms with Gasteiger partial charge in [-0.15, -0.1) is 0 Å². The van der Waals surface area contributed by atoms with Gasteiger partial charge in [-0.05, 0) is 37.2 Å². The smallest absolute Gasteiger partial charge is 0.251 e. The quantitative estimate of drug-likeness (QED) is 0.758. The third-order valence-electron chi connectivity index (χ3n) is 3.78. The van der Waals surface area contributed by atoms with Crippen molar-refractivity contribution in [2.24, 2.45) is 0 Å². The molecule has 25 heavy (non-hydrogen) atoms. The minimum Gasteiger partial charge on any atom is -0.350 e. The molecule has 6 heteroatoms. The Morgan fingerprint density at radius 1 is 1.08 bits per heavy atom. The molecule has 0 radical (unpaired) electrons. The standard InChI is InChI=1S/C19H24N2O3S/c1-3-20-15(2)13-21-19(22)17-10-7-11-18(12-17)25(23,24)14-16-8-5-4-6-9-16/h4-12,15,20H,3,13-14H2,1-2H3,(H,21,22)/t15-/m1/s1. The lowest BCUT2D eigenvalue weighted by Gasteiger charge is -2.13. The van der Waals surface area contributed by atoms with E-state index in [1.165, 1.54) is 12.1 Å². The summed E-state index contributed by atoms with van der Waals surface area (Å²) in [6.07, 6.45) is 0. The second-order valence-corrected chi connectivity index (χ2v) is 7.93. The van der Waals surface area contributed by atoms with Crippen molar-refractivity contribution in [3.63, 3.8) is 0 Å². The first-order valence-corrected chi connectivity index (χ1v) is 9.96. The number of nitrogens with one attached hydrogen (secondary N) is 2. The average molecular weight is 360 g/mol. The SMILES string of the molecule is CCN[C@H](C)CNC(=O)c1cccc(S(=O)(=O)Cc2ccccc2)c1. The van der Waals surface area contributed by atoms with Gasteiger partial charge in [-0.2, -0.15) is 0 Å². The lowest BCUT2D eigenvalue weighted by molar-refractivity contribution is 0.0950. The molecule has 0 unspecified atom stereocenters. The first-order valence-electron chi connectivity index (χ1n) is 8.30. The molecule has 0 aromatic heterocycles. The van der Waals surface area contributed by atoms with Gasteiger partial charge in [0, 0.05) is 18.2 Å². The van der Waals surface area contributed by atoms with E-state index in [2.05, 4.69) is 10.6 Å². The summed E-state index contributed by atoms with van der Waals surface area (Å²) in [4.78, 5) is 12.4. The summed E-state index contributed by atoms with van der Waals surface area (Å²) in [5, 5.41) is 6.02. The van der Waals surface area contributed by atoms with Crippen molar-refractivity contribution in [1.29, 1.82) is 0 Å².